The minimum Gasteiger partial charge on any atom is -0.397 e. The van der Waals surface area contributed by atoms with Gasteiger partial charge in [-0.2, -0.15) is 0 Å². The summed E-state index contributed by atoms with van der Waals surface area (Å²) in [5.41, 5.74) is 7.43. The van der Waals surface area contributed by atoms with E-state index in [1.54, 1.807) is 20.3 Å². The van der Waals surface area contributed by atoms with E-state index in [9.17, 15) is 4.79 Å². The second-order valence-corrected chi connectivity index (χ2v) is 5.78. The van der Waals surface area contributed by atoms with E-state index >= 15 is 0 Å². The van der Waals surface area contributed by atoms with Crippen LogP contribution in [0.2, 0.25) is 0 Å². The Morgan fingerprint density at radius 1 is 1.35 bits per heavy atom. The Hall–Kier alpha value is -2.08. The molecule has 1 amide bonds. The highest BCUT2D eigenvalue weighted by Gasteiger charge is 2.17. The van der Waals surface area contributed by atoms with Gasteiger partial charge < -0.3 is 15.5 Å². The van der Waals surface area contributed by atoms with Crippen molar-refractivity contribution in [3.8, 4) is 0 Å². The molecule has 2 rings (SSSR count). The molecule has 0 aliphatic carbocycles. The van der Waals surface area contributed by atoms with Crippen molar-refractivity contribution in [1.82, 2.24) is 9.88 Å². The summed E-state index contributed by atoms with van der Waals surface area (Å²) in [6, 6.07) is 7.66. The third kappa shape index (κ3) is 3.08. The first-order valence-corrected chi connectivity index (χ1v) is 7.02. The van der Waals surface area contributed by atoms with Gasteiger partial charge in [0.25, 0.3) is 5.91 Å². The molecule has 2 aromatic rings. The van der Waals surface area contributed by atoms with Gasteiger partial charge in [0.05, 0.1) is 22.9 Å². The molecule has 0 saturated heterocycles. The van der Waals surface area contributed by atoms with Crippen molar-refractivity contribution in [1.29, 1.82) is 0 Å². The molecule has 106 valence electrons. The van der Waals surface area contributed by atoms with Crippen molar-refractivity contribution in [3.63, 3.8) is 0 Å². The van der Waals surface area contributed by atoms with E-state index in [-0.39, 0.29) is 5.91 Å². The number of aromatic nitrogens is 1. The second kappa shape index (κ2) is 5.92. The van der Waals surface area contributed by atoms with Gasteiger partial charge in [-0.25, -0.2) is 0 Å². The Morgan fingerprint density at radius 2 is 2.10 bits per heavy atom. The van der Waals surface area contributed by atoms with Crippen LogP contribution in [0.3, 0.4) is 0 Å². The first-order chi connectivity index (χ1) is 9.49. The predicted molar refractivity (Wildman–Crippen MR) is 83.1 cm³/mol. The van der Waals surface area contributed by atoms with Gasteiger partial charge in [-0.05, 0) is 18.2 Å². The number of nitrogens with two attached hydrogens (primary N) is 1. The zero-order valence-corrected chi connectivity index (χ0v) is 12.6. The van der Waals surface area contributed by atoms with Crippen molar-refractivity contribution in [2.75, 3.05) is 31.8 Å². The maximum absolute atomic E-state index is 12.0. The number of anilines is 2. The quantitative estimate of drug-likeness (QED) is 0.936. The molecule has 0 saturated carbocycles. The van der Waals surface area contributed by atoms with Gasteiger partial charge in [0.1, 0.15) is 4.88 Å². The largest absolute Gasteiger partial charge is 0.397 e. The summed E-state index contributed by atoms with van der Waals surface area (Å²) in [6.07, 6.45) is 1.77. The number of carbonyl (C=O) groups excluding carboxylic acids is 1. The molecule has 2 aromatic heterocycles. The van der Waals surface area contributed by atoms with E-state index in [4.69, 9.17) is 5.73 Å². The van der Waals surface area contributed by atoms with Gasteiger partial charge >= 0.3 is 0 Å². The fourth-order valence-electron chi connectivity index (χ4n) is 1.76. The first-order valence-electron chi connectivity index (χ1n) is 6.21. The molecular weight excluding hydrogens is 272 g/mol. The topological polar surface area (TPSA) is 62.5 Å². The molecule has 20 heavy (non-hydrogen) atoms. The number of rotatable bonds is 4. The van der Waals surface area contributed by atoms with Crippen LogP contribution in [0.1, 0.15) is 15.4 Å². The summed E-state index contributed by atoms with van der Waals surface area (Å²) in [4.78, 5) is 20.4. The summed E-state index contributed by atoms with van der Waals surface area (Å²) in [7, 11) is 5.40. The molecule has 6 heteroatoms. The van der Waals surface area contributed by atoms with Gasteiger partial charge in [0, 0.05) is 27.3 Å². The lowest BCUT2D eigenvalue weighted by Crippen LogP contribution is -2.21. The third-order valence-corrected chi connectivity index (χ3v) is 4.10. The van der Waals surface area contributed by atoms with Crippen molar-refractivity contribution >= 4 is 27.9 Å². The van der Waals surface area contributed by atoms with Crippen LogP contribution in [0.15, 0.2) is 30.5 Å². The summed E-state index contributed by atoms with van der Waals surface area (Å²) in [6.45, 7) is 0.677. The lowest BCUT2D eigenvalue weighted by molar-refractivity contribution is 0.0833. The summed E-state index contributed by atoms with van der Waals surface area (Å²) in [5, 5.41) is 0.957. The lowest BCUT2D eigenvalue weighted by Gasteiger charge is -2.16. The van der Waals surface area contributed by atoms with Crippen molar-refractivity contribution in [3.05, 3.63) is 41.0 Å². The molecule has 0 aliphatic rings. The average Bonchev–Trinajstić information content (AvgIpc) is 2.81. The number of nitrogens with zero attached hydrogens (tertiary/aromatic N) is 3. The molecule has 0 radical (unpaired) electrons. The number of nitrogen functional groups attached to an aromatic ring is 1. The van der Waals surface area contributed by atoms with Gasteiger partial charge in [0.2, 0.25) is 0 Å². The van der Waals surface area contributed by atoms with Crippen molar-refractivity contribution in [2.45, 2.75) is 6.54 Å². The molecule has 0 atom stereocenters. The monoisotopic (exact) mass is 290 g/mol. The molecule has 2 N–H and O–H groups in total. The zero-order chi connectivity index (χ0) is 14.7. The maximum Gasteiger partial charge on any atom is 0.265 e. The van der Waals surface area contributed by atoms with Crippen LogP contribution in [0.25, 0.3) is 0 Å². The highest BCUT2D eigenvalue weighted by Crippen LogP contribution is 2.32. The van der Waals surface area contributed by atoms with E-state index in [0.29, 0.717) is 17.1 Å². The van der Waals surface area contributed by atoms with Crippen LogP contribution < -0.4 is 10.6 Å². The van der Waals surface area contributed by atoms with E-state index in [1.807, 2.05) is 36.2 Å². The zero-order valence-electron chi connectivity index (χ0n) is 11.8. The Morgan fingerprint density at radius 3 is 2.70 bits per heavy atom. The minimum atomic E-state index is -0.0648. The van der Waals surface area contributed by atoms with E-state index in [1.165, 1.54) is 16.2 Å². The highest BCUT2D eigenvalue weighted by molar-refractivity contribution is 7.18. The Kier molecular flexibility index (Phi) is 4.24. The van der Waals surface area contributed by atoms with E-state index in [2.05, 4.69) is 4.98 Å². The third-order valence-electron chi connectivity index (χ3n) is 2.85. The smallest absolute Gasteiger partial charge is 0.265 e. The molecule has 0 fully saturated rings. The normalized spacial score (nSPS) is 10.3. The lowest BCUT2D eigenvalue weighted by atomic mass is 10.3. The number of amides is 1. The maximum atomic E-state index is 12.0. The number of hydrogen-bond acceptors (Lipinski definition) is 5. The van der Waals surface area contributed by atoms with E-state index < -0.39 is 0 Å². The predicted octanol–water partition coefficient (Wildman–Crippen LogP) is 2.06. The number of hydrogen-bond donors (Lipinski definition) is 1. The van der Waals surface area contributed by atoms with Gasteiger partial charge in [0.15, 0.2) is 0 Å². The Labute approximate surface area is 122 Å². The summed E-state index contributed by atoms with van der Waals surface area (Å²) < 4.78 is 0. The standard InChI is InChI=1S/C14H18N4OS/c1-17(2)14(19)13-11(15)8-12(20-13)18(3)9-10-6-4-5-7-16-10/h4-8H,9,15H2,1-3H3. The fraction of sp³-hybridized carbons (Fsp3) is 0.286. The van der Waals surface area contributed by atoms with Gasteiger partial charge in [-0.15, -0.1) is 11.3 Å². The molecule has 0 aliphatic heterocycles. The van der Waals surface area contributed by atoms with Crippen molar-refractivity contribution in [2.24, 2.45) is 0 Å². The first kappa shape index (κ1) is 14.3. The molecule has 0 bridgehead atoms. The molecule has 0 spiro atoms. The van der Waals surface area contributed by atoms with Crippen LogP contribution in [0.4, 0.5) is 10.7 Å². The Balaban J connectivity index is 2.17. The molecule has 2 heterocycles. The minimum absolute atomic E-state index is 0.0648. The SMILES string of the molecule is CN(C)C(=O)c1sc(N(C)Cc2ccccn2)cc1N. The van der Waals surface area contributed by atoms with Crippen LogP contribution in [0.5, 0.6) is 0 Å². The second-order valence-electron chi connectivity index (χ2n) is 4.75. The molecule has 0 aromatic carbocycles. The number of pyridine rings is 1. The van der Waals surface area contributed by atoms with Gasteiger partial charge in [-0.1, -0.05) is 6.07 Å². The van der Waals surface area contributed by atoms with Crippen molar-refractivity contribution < 1.29 is 4.79 Å². The van der Waals surface area contributed by atoms with E-state index in [0.717, 1.165) is 10.7 Å². The number of thiophene rings is 1. The average molecular weight is 290 g/mol. The van der Waals surface area contributed by atoms with Crippen LogP contribution >= 0.6 is 11.3 Å². The van der Waals surface area contributed by atoms with Gasteiger partial charge in [-0.3, -0.25) is 9.78 Å². The number of carbonyl (C=O) groups is 1. The fourth-order valence-corrected chi connectivity index (χ4v) is 2.82. The highest BCUT2D eigenvalue weighted by atomic mass is 32.1. The summed E-state index contributed by atoms with van der Waals surface area (Å²) >= 11 is 1.41. The summed E-state index contributed by atoms with van der Waals surface area (Å²) in [5.74, 6) is -0.0648. The van der Waals surface area contributed by atoms with Crippen LogP contribution in [-0.4, -0.2) is 36.9 Å². The molecular formula is C14H18N4OS. The molecule has 0 unspecified atom stereocenters. The Bertz CT molecular complexity index is 594. The molecule has 5 nitrogen and oxygen atoms in total. The van der Waals surface area contributed by atoms with Crippen LogP contribution in [0, 0.1) is 0 Å². The van der Waals surface area contributed by atoms with Crippen LogP contribution in [-0.2, 0) is 6.54 Å².